The van der Waals surface area contributed by atoms with Gasteiger partial charge < -0.3 is 9.84 Å². The van der Waals surface area contributed by atoms with Crippen molar-refractivity contribution in [2.24, 2.45) is 0 Å². The lowest BCUT2D eigenvalue weighted by Crippen LogP contribution is -2.40. The molecule has 8 nitrogen and oxygen atoms in total. The van der Waals surface area contributed by atoms with Crippen molar-refractivity contribution in [2.45, 2.75) is 51.1 Å². The molecule has 136 valence electrons. The molecule has 1 aromatic heterocycles. The van der Waals surface area contributed by atoms with Crippen LogP contribution in [0.1, 0.15) is 40.4 Å². The summed E-state index contributed by atoms with van der Waals surface area (Å²) in [4.78, 5) is 15.7. The minimum Gasteiger partial charge on any atom is -0.344 e. The van der Waals surface area contributed by atoms with E-state index >= 15 is 0 Å². The molecule has 0 aliphatic heterocycles. The maximum Gasteiger partial charge on any atom is 0.258 e. The van der Waals surface area contributed by atoms with Crippen molar-refractivity contribution >= 4 is 15.9 Å². The number of carbonyl (C=O) groups is 1. The summed E-state index contributed by atoms with van der Waals surface area (Å²) in [6.45, 7) is 8.39. The second-order valence-electron chi connectivity index (χ2n) is 6.53. The van der Waals surface area contributed by atoms with E-state index in [4.69, 9.17) is 4.52 Å². The first kappa shape index (κ1) is 19.1. The van der Waals surface area contributed by atoms with Crippen LogP contribution in [-0.4, -0.2) is 30.5 Å². The molecule has 0 saturated heterocycles. The van der Waals surface area contributed by atoms with Crippen molar-refractivity contribution in [1.82, 2.24) is 20.2 Å². The van der Waals surface area contributed by atoms with Gasteiger partial charge in [0, 0.05) is 18.5 Å². The van der Waals surface area contributed by atoms with Crippen LogP contribution in [0, 0.1) is 0 Å². The van der Waals surface area contributed by atoms with Crippen molar-refractivity contribution in [3.63, 3.8) is 0 Å². The average molecular weight is 366 g/mol. The van der Waals surface area contributed by atoms with Gasteiger partial charge in [0.05, 0.1) is 10.4 Å². The molecule has 25 heavy (non-hydrogen) atoms. The van der Waals surface area contributed by atoms with Crippen LogP contribution in [0.2, 0.25) is 0 Å². The van der Waals surface area contributed by atoms with E-state index in [1.165, 1.54) is 19.1 Å². The number of sulfonamides is 1. The summed E-state index contributed by atoms with van der Waals surface area (Å²) in [5, 5.41) is 6.62. The molecule has 2 aromatic rings. The van der Waals surface area contributed by atoms with Gasteiger partial charge in [0.2, 0.25) is 15.9 Å². The fraction of sp³-hybridized carbons (Fsp3) is 0.438. The van der Waals surface area contributed by atoms with E-state index in [1.54, 1.807) is 39.8 Å². The molecule has 0 bridgehead atoms. The summed E-state index contributed by atoms with van der Waals surface area (Å²) in [6, 6.07) is 6.02. The van der Waals surface area contributed by atoms with Crippen molar-refractivity contribution < 1.29 is 17.7 Å². The lowest BCUT2D eigenvalue weighted by Gasteiger charge is -2.20. The standard InChI is InChI=1S/C16H22N4O4S/c1-10(2)20-25(22,23)13-8-6-7-12(9-13)14-17-15(19-24-14)16(4,5)18-11(3)21/h6-10,20H,1-5H3,(H,18,21). The zero-order chi connectivity index (χ0) is 18.8. The fourth-order valence-corrected chi connectivity index (χ4v) is 3.56. The average Bonchev–Trinajstić information content (AvgIpc) is 2.95. The molecule has 0 aliphatic carbocycles. The third kappa shape index (κ3) is 4.64. The Morgan fingerprint density at radius 2 is 1.96 bits per heavy atom. The Morgan fingerprint density at radius 3 is 2.56 bits per heavy atom. The van der Waals surface area contributed by atoms with E-state index in [1.807, 2.05) is 0 Å². The normalized spacial score (nSPS) is 12.4. The van der Waals surface area contributed by atoms with Crippen LogP contribution in [0.3, 0.4) is 0 Å². The van der Waals surface area contributed by atoms with Gasteiger partial charge in [-0.15, -0.1) is 0 Å². The van der Waals surface area contributed by atoms with Gasteiger partial charge in [-0.05, 0) is 45.9 Å². The Hall–Kier alpha value is -2.26. The smallest absolute Gasteiger partial charge is 0.258 e. The lowest BCUT2D eigenvalue weighted by atomic mass is 10.1. The third-order valence-corrected chi connectivity index (χ3v) is 4.91. The fourth-order valence-electron chi connectivity index (χ4n) is 2.27. The molecule has 0 saturated carbocycles. The van der Waals surface area contributed by atoms with Crippen molar-refractivity contribution in [2.75, 3.05) is 0 Å². The molecule has 0 atom stereocenters. The predicted molar refractivity (Wildman–Crippen MR) is 92.0 cm³/mol. The number of rotatable bonds is 6. The Balaban J connectivity index is 2.35. The van der Waals surface area contributed by atoms with Crippen LogP contribution >= 0.6 is 0 Å². The summed E-state index contributed by atoms with van der Waals surface area (Å²) >= 11 is 0. The van der Waals surface area contributed by atoms with Gasteiger partial charge >= 0.3 is 0 Å². The van der Waals surface area contributed by atoms with Gasteiger partial charge in [-0.2, -0.15) is 4.98 Å². The molecule has 9 heteroatoms. The molecule has 1 aromatic carbocycles. The Labute approximate surface area is 147 Å². The van der Waals surface area contributed by atoms with Gasteiger partial charge in [0.15, 0.2) is 5.82 Å². The molecule has 0 unspecified atom stereocenters. The zero-order valence-electron chi connectivity index (χ0n) is 14.8. The van der Waals surface area contributed by atoms with Crippen LogP contribution in [0.5, 0.6) is 0 Å². The van der Waals surface area contributed by atoms with E-state index in [0.29, 0.717) is 11.4 Å². The van der Waals surface area contributed by atoms with Crippen LogP contribution in [0.15, 0.2) is 33.7 Å². The Morgan fingerprint density at radius 1 is 1.28 bits per heavy atom. The maximum atomic E-state index is 12.3. The van der Waals surface area contributed by atoms with Gasteiger partial charge in [-0.25, -0.2) is 13.1 Å². The highest BCUT2D eigenvalue weighted by Gasteiger charge is 2.28. The molecule has 2 N–H and O–H groups in total. The number of benzene rings is 1. The Bertz CT molecular complexity index is 872. The van der Waals surface area contributed by atoms with Crippen LogP contribution < -0.4 is 10.0 Å². The topological polar surface area (TPSA) is 114 Å². The number of nitrogens with one attached hydrogen (secondary N) is 2. The number of carbonyl (C=O) groups excluding carboxylic acids is 1. The van der Waals surface area contributed by atoms with Crippen LogP contribution in [-0.2, 0) is 20.4 Å². The summed E-state index contributed by atoms with van der Waals surface area (Å²) in [5.41, 5.74) is -0.333. The summed E-state index contributed by atoms with van der Waals surface area (Å²) in [6.07, 6.45) is 0. The minimum atomic E-state index is -3.62. The number of amides is 1. The van der Waals surface area contributed by atoms with Crippen LogP contribution in [0.25, 0.3) is 11.5 Å². The van der Waals surface area contributed by atoms with E-state index in [2.05, 4.69) is 20.2 Å². The third-order valence-electron chi connectivity index (χ3n) is 3.26. The van der Waals surface area contributed by atoms with Crippen molar-refractivity contribution in [1.29, 1.82) is 0 Å². The highest BCUT2D eigenvalue weighted by atomic mass is 32.2. The summed E-state index contributed by atoms with van der Waals surface area (Å²) < 4.78 is 32.3. The van der Waals surface area contributed by atoms with E-state index in [9.17, 15) is 13.2 Å². The zero-order valence-corrected chi connectivity index (χ0v) is 15.6. The van der Waals surface area contributed by atoms with Gasteiger partial charge in [0.1, 0.15) is 0 Å². The quantitative estimate of drug-likeness (QED) is 0.806. The van der Waals surface area contributed by atoms with Gasteiger partial charge in [-0.3, -0.25) is 4.79 Å². The van der Waals surface area contributed by atoms with Gasteiger partial charge in [0.25, 0.3) is 5.89 Å². The SMILES string of the molecule is CC(=O)NC(C)(C)c1noc(-c2cccc(S(=O)(=O)NC(C)C)c2)n1. The first-order chi connectivity index (χ1) is 11.5. The van der Waals surface area contributed by atoms with Gasteiger partial charge in [-0.1, -0.05) is 11.2 Å². The summed E-state index contributed by atoms with van der Waals surface area (Å²) in [5.74, 6) is 0.255. The van der Waals surface area contributed by atoms with Crippen molar-refractivity contribution in [3.05, 3.63) is 30.1 Å². The molecule has 0 fully saturated rings. The number of nitrogens with zero attached hydrogens (tertiary/aromatic N) is 2. The van der Waals surface area contributed by atoms with Crippen LogP contribution in [0.4, 0.5) is 0 Å². The van der Waals surface area contributed by atoms with E-state index < -0.39 is 15.6 Å². The largest absolute Gasteiger partial charge is 0.344 e. The molecule has 0 aliphatic rings. The second-order valence-corrected chi connectivity index (χ2v) is 8.25. The maximum absolute atomic E-state index is 12.3. The monoisotopic (exact) mass is 366 g/mol. The summed E-state index contributed by atoms with van der Waals surface area (Å²) in [7, 11) is -3.62. The predicted octanol–water partition coefficient (Wildman–Crippen LogP) is 1.79. The molecule has 0 spiro atoms. The van der Waals surface area contributed by atoms with E-state index in [-0.39, 0.29) is 22.7 Å². The highest BCUT2D eigenvalue weighted by Crippen LogP contribution is 2.24. The molecule has 0 radical (unpaired) electrons. The molecule has 1 amide bonds. The minimum absolute atomic E-state index is 0.111. The highest BCUT2D eigenvalue weighted by molar-refractivity contribution is 7.89. The molecule has 1 heterocycles. The first-order valence-corrected chi connectivity index (χ1v) is 9.25. The second kappa shape index (κ2) is 6.93. The molecular weight excluding hydrogens is 344 g/mol. The number of hydrogen-bond acceptors (Lipinski definition) is 6. The van der Waals surface area contributed by atoms with E-state index in [0.717, 1.165) is 0 Å². The molecular formula is C16H22N4O4S. The number of aromatic nitrogens is 2. The first-order valence-electron chi connectivity index (χ1n) is 7.77. The number of hydrogen-bond donors (Lipinski definition) is 2. The molecule has 2 rings (SSSR count). The lowest BCUT2D eigenvalue weighted by molar-refractivity contribution is -0.120. The van der Waals surface area contributed by atoms with Crippen molar-refractivity contribution in [3.8, 4) is 11.5 Å². The Kier molecular flexibility index (Phi) is 5.28.